The van der Waals surface area contributed by atoms with Gasteiger partial charge in [0.1, 0.15) is 11.6 Å². The second kappa shape index (κ2) is 11.5. The Hall–Kier alpha value is -4.14. The molecule has 1 fully saturated rings. The van der Waals surface area contributed by atoms with Crippen LogP contribution in [0.15, 0.2) is 71.8 Å². The fraction of sp³-hybridized carbons (Fsp3) is 0.333. The molecule has 3 N–H and O–H groups in total. The molecule has 2 aromatic heterocycles. The monoisotopic (exact) mass is 490 g/mol. The molecular formula is C27H30N4O5. The second-order valence-electron chi connectivity index (χ2n) is 8.78. The minimum atomic E-state index is -0.844. The number of nitrogens with one attached hydrogen (secondary N) is 3. The molecule has 3 heterocycles. The van der Waals surface area contributed by atoms with Crippen LogP contribution in [0.1, 0.15) is 31.4 Å². The first-order valence-corrected chi connectivity index (χ1v) is 12.1. The molecule has 1 saturated heterocycles. The Balaban J connectivity index is 1.63. The van der Waals surface area contributed by atoms with E-state index >= 15 is 0 Å². The summed E-state index contributed by atoms with van der Waals surface area (Å²) in [6, 6.07) is 11.6. The first kappa shape index (κ1) is 25.0. The SMILES string of the molecule is CCOC(=O)/C=C/[C@H](C[C@@H]1CCNC1=O)NC(=O)[C@@H](Cc1ccccc1)n1ccc2cc[nH]c2c1=O. The number of aromatic amines is 1. The van der Waals surface area contributed by atoms with Gasteiger partial charge in [0.25, 0.3) is 5.56 Å². The van der Waals surface area contributed by atoms with Gasteiger partial charge in [-0.3, -0.25) is 14.4 Å². The van der Waals surface area contributed by atoms with Crippen molar-refractivity contribution < 1.29 is 19.1 Å². The summed E-state index contributed by atoms with van der Waals surface area (Å²) in [5.41, 5.74) is 1.01. The van der Waals surface area contributed by atoms with E-state index < -0.39 is 18.1 Å². The molecule has 0 radical (unpaired) electrons. The molecular weight excluding hydrogens is 460 g/mol. The highest BCUT2D eigenvalue weighted by molar-refractivity contribution is 5.85. The normalized spacial score (nSPS) is 17.1. The van der Waals surface area contributed by atoms with Gasteiger partial charge in [0.15, 0.2) is 0 Å². The Morgan fingerprint density at radius 1 is 1.19 bits per heavy atom. The summed E-state index contributed by atoms with van der Waals surface area (Å²) in [6.45, 7) is 2.52. The first-order chi connectivity index (χ1) is 17.5. The molecule has 0 spiro atoms. The number of amides is 2. The average molecular weight is 491 g/mol. The summed E-state index contributed by atoms with van der Waals surface area (Å²) >= 11 is 0. The van der Waals surface area contributed by atoms with E-state index in [0.717, 1.165) is 10.9 Å². The summed E-state index contributed by atoms with van der Waals surface area (Å²) in [5, 5.41) is 6.53. The lowest BCUT2D eigenvalue weighted by Crippen LogP contribution is -2.43. The van der Waals surface area contributed by atoms with Crippen LogP contribution in [0, 0.1) is 5.92 Å². The Kier molecular flexibility index (Phi) is 7.99. The lowest BCUT2D eigenvalue weighted by atomic mass is 9.97. The van der Waals surface area contributed by atoms with Crippen molar-refractivity contribution in [2.24, 2.45) is 5.92 Å². The van der Waals surface area contributed by atoms with Crippen LogP contribution in [0.4, 0.5) is 0 Å². The molecule has 9 nitrogen and oxygen atoms in total. The van der Waals surface area contributed by atoms with Gasteiger partial charge in [-0.05, 0) is 37.5 Å². The molecule has 1 aromatic carbocycles. The molecule has 3 atom stereocenters. The van der Waals surface area contributed by atoms with Crippen LogP contribution in [-0.4, -0.2) is 46.5 Å². The smallest absolute Gasteiger partial charge is 0.330 e. The maximum atomic E-state index is 13.7. The number of pyridine rings is 1. The van der Waals surface area contributed by atoms with Gasteiger partial charge >= 0.3 is 5.97 Å². The molecule has 0 unspecified atom stereocenters. The quantitative estimate of drug-likeness (QED) is 0.297. The number of esters is 1. The highest BCUT2D eigenvalue weighted by atomic mass is 16.5. The van der Waals surface area contributed by atoms with Gasteiger partial charge in [-0.1, -0.05) is 36.4 Å². The van der Waals surface area contributed by atoms with Gasteiger partial charge < -0.3 is 24.9 Å². The van der Waals surface area contributed by atoms with E-state index in [0.29, 0.717) is 24.9 Å². The lowest BCUT2D eigenvalue weighted by molar-refractivity contribution is -0.137. The third-order valence-corrected chi connectivity index (χ3v) is 6.33. The van der Waals surface area contributed by atoms with Crippen LogP contribution in [0.3, 0.4) is 0 Å². The zero-order chi connectivity index (χ0) is 25.5. The standard InChI is InChI=1S/C27H30N4O5/c1-2-36-23(32)9-8-21(17-20-11-14-29-25(20)33)30-26(34)22(16-18-6-4-3-5-7-18)31-15-12-19-10-13-28-24(19)27(31)35/h3-10,12-13,15,20-22,28H,2,11,14,16-17H2,1H3,(H,29,33)(H,30,34)/b9-8+/t20-,21+,22+/m0/s1. The van der Waals surface area contributed by atoms with E-state index in [-0.39, 0.29) is 36.3 Å². The Morgan fingerprint density at radius 2 is 2.00 bits per heavy atom. The maximum absolute atomic E-state index is 13.7. The van der Waals surface area contributed by atoms with Crippen molar-refractivity contribution >= 4 is 28.7 Å². The number of benzene rings is 1. The topological polar surface area (TPSA) is 122 Å². The largest absolute Gasteiger partial charge is 0.463 e. The Morgan fingerprint density at radius 3 is 2.72 bits per heavy atom. The van der Waals surface area contributed by atoms with E-state index in [2.05, 4.69) is 15.6 Å². The van der Waals surface area contributed by atoms with Gasteiger partial charge in [-0.15, -0.1) is 0 Å². The molecule has 188 valence electrons. The Labute approximate surface area is 208 Å². The minimum absolute atomic E-state index is 0.0759. The average Bonchev–Trinajstić information content (AvgIpc) is 3.52. The number of carbonyl (C=O) groups excluding carboxylic acids is 3. The Bertz CT molecular complexity index is 1310. The van der Waals surface area contributed by atoms with Crippen molar-refractivity contribution in [3.8, 4) is 0 Å². The van der Waals surface area contributed by atoms with Crippen molar-refractivity contribution in [3.05, 3.63) is 82.9 Å². The van der Waals surface area contributed by atoms with Crippen molar-refractivity contribution in [3.63, 3.8) is 0 Å². The van der Waals surface area contributed by atoms with Crippen LogP contribution in [0.5, 0.6) is 0 Å². The first-order valence-electron chi connectivity index (χ1n) is 12.1. The fourth-order valence-electron chi connectivity index (χ4n) is 4.49. The number of hydrogen-bond acceptors (Lipinski definition) is 5. The van der Waals surface area contributed by atoms with E-state index in [4.69, 9.17) is 4.74 Å². The van der Waals surface area contributed by atoms with Gasteiger partial charge in [0.05, 0.1) is 6.61 Å². The number of H-pyrrole nitrogens is 1. The molecule has 0 bridgehead atoms. The molecule has 36 heavy (non-hydrogen) atoms. The number of rotatable bonds is 10. The number of hydrogen-bond donors (Lipinski definition) is 3. The van der Waals surface area contributed by atoms with Gasteiger partial charge in [-0.25, -0.2) is 4.79 Å². The fourth-order valence-corrected chi connectivity index (χ4v) is 4.49. The van der Waals surface area contributed by atoms with Crippen LogP contribution in [-0.2, 0) is 25.5 Å². The van der Waals surface area contributed by atoms with Gasteiger partial charge in [0, 0.05) is 48.8 Å². The number of aromatic nitrogens is 2. The van der Waals surface area contributed by atoms with Crippen LogP contribution < -0.4 is 16.2 Å². The van der Waals surface area contributed by atoms with Gasteiger partial charge in [-0.2, -0.15) is 0 Å². The summed E-state index contributed by atoms with van der Waals surface area (Å²) in [6.07, 6.45) is 7.40. The van der Waals surface area contributed by atoms with Crippen LogP contribution >= 0.6 is 0 Å². The third kappa shape index (κ3) is 5.91. The highest BCUT2D eigenvalue weighted by Crippen LogP contribution is 2.20. The summed E-state index contributed by atoms with van der Waals surface area (Å²) in [5.74, 6) is -1.27. The number of fused-ring (bicyclic) bond motifs is 1. The van der Waals surface area contributed by atoms with Crippen molar-refractivity contribution in [2.75, 3.05) is 13.2 Å². The number of nitrogens with zero attached hydrogens (tertiary/aromatic N) is 1. The summed E-state index contributed by atoms with van der Waals surface area (Å²) in [4.78, 5) is 54.0. The molecule has 0 aliphatic carbocycles. The third-order valence-electron chi connectivity index (χ3n) is 6.33. The van der Waals surface area contributed by atoms with E-state index in [1.165, 1.54) is 10.6 Å². The molecule has 4 rings (SSSR count). The molecule has 0 saturated carbocycles. The summed E-state index contributed by atoms with van der Waals surface area (Å²) in [7, 11) is 0. The van der Waals surface area contributed by atoms with E-state index in [9.17, 15) is 19.2 Å². The van der Waals surface area contributed by atoms with Crippen molar-refractivity contribution in [1.29, 1.82) is 0 Å². The predicted molar refractivity (Wildman–Crippen MR) is 135 cm³/mol. The molecule has 1 aliphatic heterocycles. The molecule has 9 heteroatoms. The van der Waals surface area contributed by atoms with Crippen LogP contribution in [0.25, 0.3) is 10.9 Å². The van der Waals surface area contributed by atoms with E-state index in [1.807, 2.05) is 30.3 Å². The lowest BCUT2D eigenvalue weighted by Gasteiger charge is -2.24. The molecule has 3 aromatic rings. The predicted octanol–water partition coefficient (Wildman–Crippen LogP) is 2.24. The maximum Gasteiger partial charge on any atom is 0.330 e. The van der Waals surface area contributed by atoms with E-state index in [1.54, 1.807) is 37.5 Å². The molecule has 2 amide bonds. The van der Waals surface area contributed by atoms with Crippen molar-refractivity contribution in [2.45, 2.75) is 38.3 Å². The van der Waals surface area contributed by atoms with Crippen LogP contribution in [0.2, 0.25) is 0 Å². The second-order valence-corrected chi connectivity index (χ2v) is 8.78. The highest BCUT2D eigenvalue weighted by Gasteiger charge is 2.29. The zero-order valence-electron chi connectivity index (χ0n) is 20.1. The summed E-state index contributed by atoms with van der Waals surface area (Å²) < 4.78 is 6.39. The zero-order valence-corrected chi connectivity index (χ0v) is 20.1. The number of carbonyl (C=O) groups is 3. The molecule has 1 aliphatic rings. The minimum Gasteiger partial charge on any atom is -0.463 e. The van der Waals surface area contributed by atoms with Crippen molar-refractivity contribution in [1.82, 2.24) is 20.2 Å². The number of ether oxygens (including phenoxy) is 1. The van der Waals surface area contributed by atoms with Gasteiger partial charge in [0.2, 0.25) is 11.8 Å².